The van der Waals surface area contributed by atoms with E-state index in [0.717, 1.165) is 5.39 Å². The summed E-state index contributed by atoms with van der Waals surface area (Å²) in [4.78, 5) is 31.8. The van der Waals surface area contributed by atoms with Gasteiger partial charge in [-0.3, -0.25) is 19.9 Å². The Hall–Kier alpha value is -4.07. The van der Waals surface area contributed by atoms with Gasteiger partial charge in [-0.2, -0.15) is 0 Å². The summed E-state index contributed by atoms with van der Waals surface area (Å²) in [6.45, 7) is 0. The molecule has 0 bridgehead atoms. The molecular weight excluding hydrogens is 346 g/mol. The molecule has 2 heterocycles. The number of aromatic nitrogens is 3. The number of rotatable bonds is 4. The van der Waals surface area contributed by atoms with Gasteiger partial charge >= 0.3 is 0 Å². The van der Waals surface area contributed by atoms with E-state index in [0.29, 0.717) is 16.9 Å². The van der Waals surface area contributed by atoms with Crippen LogP contribution in [0.5, 0.6) is 0 Å². The Morgan fingerprint density at radius 3 is 2.74 bits per heavy atom. The van der Waals surface area contributed by atoms with Crippen LogP contribution >= 0.6 is 0 Å². The molecule has 2 aromatic carbocycles. The summed E-state index contributed by atoms with van der Waals surface area (Å²) >= 11 is 0. The molecule has 1 N–H and O–H groups in total. The Morgan fingerprint density at radius 2 is 1.96 bits per heavy atom. The van der Waals surface area contributed by atoms with Crippen molar-refractivity contribution in [1.82, 2.24) is 14.5 Å². The van der Waals surface area contributed by atoms with Crippen molar-refractivity contribution in [3.63, 3.8) is 0 Å². The molecule has 0 aliphatic carbocycles. The molecule has 0 saturated heterocycles. The van der Waals surface area contributed by atoms with Crippen molar-refractivity contribution < 1.29 is 9.72 Å². The summed E-state index contributed by atoms with van der Waals surface area (Å²) in [5.74, 6) is -0.451. The van der Waals surface area contributed by atoms with E-state index in [2.05, 4.69) is 15.3 Å². The van der Waals surface area contributed by atoms with Crippen LogP contribution in [-0.2, 0) is 0 Å². The average Bonchev–Trinajstić information content (AvgIpc) is 3.22. The number of nitro groups is 1. The molecule has 8 nitrogen and oxygen atoms in total. The van der Waals surface area contributed by atoms with Crippen molar-refractivity contribution in [1.29, 1.82) is 0 Å². The van der Waals surface area contributed by atoms with Crippen LogP contribution in [-0.4, -0.2) is 25.4 Å². The molecule has 0 radical (unpaired) electrons. The number of nitro benzene ring substituents is 1. The van der Waals surface area contributed by atoms with E-state index in [4.69, 9.17) is 0 Å². The zero-order valence-corrected chi connectivity index (χ0v) is 13.9. The summed E-state index contributed by atoms with van der Waals surface area (Å²) in [5.41, 5.74) is 1.52. The highest BCUT2D eigenvalue weighted by atomic mass is 16.6. The number of nitrogens with zero attached hydrogens (tertiary/aromatic N) is 4. The van der Waals surface area contributed by atoms with Gasteiger partial charge in [0.2, 0.25) is 0 Å². The number of nitrogens with one attached hydrogen (secondary N) is 1. The Morgan fingerprint density at radius 1 is 1.11 bits per heavy atom. The highest BCUT2D eigenvalue weighted by molar-refractivity contribution is 6.08. The maximum absolute atomic E-state index is 12.6. The van der Waals surface area contributed by atoms with Crippen LogP contribution in [0, 0.1) is 10.1 Å². The molecule has 0 aliphatic rings. The summed E-state index contributed by atoms with van der Waals surface area (Å²) in [6.07, 6.45) is 6.23. The number of amides is 1. The second kappa shape index (κ2) is 6.68. The first-order chi connectivity index (χ1) is 13.1. The molecule has 4 rings (SSSR count). The molecular formula is C19H13N5O3. The molecule has 0 atom stereocenters. The highest BCUT2D eigenvalue weighted by Gasteiger charge is 2.19. The topological polar surface area (TPSA) is 103 Å². The largest absolute Gasteiger partial charge is 0.320 e. The lowest BCUT2D eigenvalue weighted by Gasteiger charge is -2.09. The fourth-order valence-electron chi connectivity index (χ4n) is 2.83. The quantitative estimate of drug-likeness (QED) is 0.443. The van der Waals surface area contributed by atoms with Gasteiger partial charge in [-0.1, -0.05) is 18.2 Å². The molecule has 27 heavy (non-hydrogen) atoms. The minimum Gasteiger partial charge on any atom is -0.320 e. The van der Waals surface area contributed by atoms with E-state index in [1.54, 1.807) is 18.5 Å². The average molecular weight is 359 g/mol. The fraction of sp³-hybridized carbons (Fsp3) is 0. The van der Waals surface area contributed by atoms with Gasteiger partial charge in [0.15, 0.2) is 0 Å². The third-order valence-corrected chi connectivity index (χ3v) is 4.10. The van der Waals surface area contributed by atoms with Gasteiger partial charge in [-0.25, -0.2) is 4.98 Å². The minimum absolute atomic E-state index is 0.179. The number of benzene rings is 2. The highest BCUT2D eigenvalue weighted by Crippen LogP contribution is 2.26. The van der Waals surface area contributed by atoms with Crippen molar-refractivity contribution >= 4 is 28.2 Å². The van der Waals surface area contributed by atoms with Crippen LogP contribution in [0.3, 0.4) is 0 Å². The monoisotopic (exact) mass is 359 g/mol. The molecule has 4 aromatic rings. The summed E-state index contributed by atoms with van der Waals surface area (Å²) in [5, 5.41) is 15.1. The van der Waals surface area contributed by atoms with Crippen LogP contribution in [0.25, 0.3) is 16.6 Å². The maximum Gasteiger partial charge on any atom is 0.294 e. The number of carbonyl (C=O) groups excluding carboxylic acids is 1. The molecule has 2 aromatic heterocycles. The van der Waals surface area contributed by atoms with Gasteiger partial charge in [-0.05, 0) is 24.3 Å². The van der Waals surface area contributed by atoms with E-state index in [9.17, 15) is 14.9 Å². The molecule has 0 fully saturated rings. The van der Waals surface area contributed by atoms with Gasteiger partial charge < -0.3 is 9.88 Å². The fourth-order valence-corrected chi connectivity index (χ4v) is 2.83. The lowest BCUT2D eigenvalue weighted by atomic mass is 10.1. The zero-order valence-electron chi connectivity index (χ0n) is 13.9. The van der Waals surface area contributed by atoms with Crippen molar-refractivity contribution in [2.45, 2.75) is 0 Å². The third kappa shape index (κ3) is 3.11. The number of carbonyl (C=O) groups is 1. The molecule has 0 saturated carbocycles. The standard InChI is InChI=1S/C19H13N5O3/c25-19(22-15-5-1-3-13-4-2-8-21-18(13)15)14-6-7-16(17(11-14)24(26)27)23-10-9-20-12-23/h1-12H,(H,22,25). The lowest BCUT2D eigenvalue weighted by molar-refractivity contribution is -0.384. The first kappa shape index (κ1) is 16.4. The summed E-state index contributed by atoms with van der Waals surface area (Å²) in [6, 6.07) is 13.5. The Bertz CT molecular complexity index is 1150. The zero-order chi connectivity index (χ0) is 18.8. The van der Waals surface area contributed by atoms with Crippen LogP contribution in [0.15, 0.2) is 73.4 Å². The number of para-hydroxylation sites is 1. The van der Waals surface area contributed by atoms with E-state index in [1.165, 1.54) is 35.3 Å². The first-order valence-corrected chi connectivity index (χ1v) is 8.05. The smallest absolute Gasteiger partial charge is 0.294 e. The van der Waals surface area contributed by atoms with Gasteiger partial charge in [0.1, 0.15) is 5.69 Å². The van der Waals surface area contributed by atoms with Crippen molar-refractivity contribution in [2.75, 3.05) is 5.32 Å². The van der Waals surface area contributed by atoms with Crippen molar-refractivity contribution in [2.24, 2.45) is 0 Å². The molecule has 8 heteroatoms. The second-order valence-electron chi connectivity index (χ2n) is 5.77. The minimum atomic E-state index is -0.522. The normalized spacial score (nSPS) is 10.7. The SMILES string of the molecule is O=C(Nc1cccc2cccnc12)c1ccc(-n2ccnc2)c([N+](=O)[O-])c1. The van der Waals surface area contributed by atoms with E-state index in [-0.39, 0.29) is 11.3 Å². The maximum atomic E-state index is 12.6. The number of hydrogen-bond acceptors (Lipinski definition) is 5. The number of pyridine rings is 1. The molecule has 0 aliphatic heterocycles. The third-order valence-electron chi connectivity index (χ3n) is 4.10. The molecule has 132 valence electrons. The molecule has 0 unspecified atom stereocenters. The Kier molecular flexibility index (Phi) is 4.06. The van der Waals surface area contributed by atoms with Crippen LogP contribution in [0.1, 0.15) is 10.4 Å². The van der Waals surface area contributed by atoms with E-state index < -0.39 is 10.8 Å². The number of imidazole rings is 1. The lowest BCUT2D eigenvalue weighted by Crippen LogP contribution is -2.13. The Balaban J connectivity index is 1.70. The van der Waals surface area contributed by atoms with Gasteiger partial charge in [0, 0.05) is 35.6 Å². The van der Waals surface area contributed by atoms with Crippen molar-refractivity contribution in [3.8, 4) is 5.69 Å². The second-order valence-corrected chi connectivity index (χ2v) is 5.77. The predicted molar refractivity (Wildman–Crippen MR) is 99.9 cm³/mol. The molecule has 0 spiro atoms. The van der Waals surface area contributed by atoms with E-state index in [1.807, 2.05) is 24.3 Å². The predicted octanol–water partition coefficient (Wildman–Crippen LogP) is 3.58. The molecule has 1 amide bonds. The van der Waals surface area contributed by atoms with Crippen molar-refractivity contribution in [3.05, 3.63) is 89.1 Å². The number of fused-ring (bicyclic) bond motifs is 1. The number of anilines is 1. The van der Waals surface area contributed by atoms with Gasteiger partial charge in [0.05, 0.1) is 22.5 Å². The van der Waals surface area contributed by atoms with E-state index >= 15 is 0 Å². The Labute approximate surface area is 153 Å². The summed E-state index contributed by atoms with van der Waals surface area (Å²) < 4.78 is 1.52. The van der Waals surface area contributed by atoms with Crippen LogP contribution in [0.4, 0.5) is 11.4 Å². The first-order valence-electron chi connectivity index (χ1n) is 8.05. The van der Waals surface area contributed by atoms with Gasteiger partial charge in [0.25, 0.3) is 11.6 Å². The van der Waals surface area contributed by atoms with Gasteiger partial charge in [-0.15, -0.1) is 0 Å². The van der Waals surface area contributed by atoms with Crippen LogP contribution in [0.2, 0.25) is 0 Å². The van der Waals surface area contributed by atoms with Crippen LogP contribution < -0.4 is 5.32 Å². The summed E-state index contributed by atoms with van der Waals surface area (Å²) in [7, 11) is 0. The number of hydrogen-bond donors (Lipinski definition) is 1.